The average Bonchev–Trinajstić information content (AvgIpc) is 2.56. The Morgan fingerprint density at radius 2 is 2.26 bits per heavy atom. The first-order valence-electron chi connectivity index (χ1n) is 8.69. The van der Waals surface area contributed by atoms with Crippen molar-refractivity contribution in [2.24, 2.45) is 4.99 Å². The molecule has 5 heteroatoms. The zero-order valence-corrected chi connectivity index (χ0v) is 14.6. The van der Waals surface area contributed by atoms with Crippen molar-refractivity contribution in [2.75, 3.05) is 26.2 Å². The van der Waals surface area contributed by atoms with E-state index in [4.69, 9.17) is 23.1 Å². The number of halogens is 1. The third-order valence-electron chi connectivity index (χ3n) is 3.98. The Morgan fingerprint density at radius 1 is 1.43 bits per heavy atom. The molecular weight excluding hydrogens is 310 g/mol. The van der Waals surface area contributed by atoms with E-state index in [0.29, 0.717) is 11.1 Å². The minimum absolute atomic E-state index is 0.142. The maximum Gasteiger partial charge on any atom is 0.0685 e. The molecule has 0 aliphatic rings. The van der Waals surface area contributed by atoms with E-state index in [0.717, 1.165) is 48.7 Å². The first-order chi connectivity index (χ1) is 11.5. The maximum atomic E-state index is 9.03. The third kappa shape index (κ3) is 5.34. The Morgan fingerprint density at radius 3 is 3.00 bits per heavy atom. The minimum atomic E-state index is 0.142. The highest BCUT2D eigenvalue weighted by molar-refractivity contribution is 6.31. The predicted molar refractivity (Wildman–Crippen MR) is 96.8 cm³/mol. The van der Waals surface area contributed by atoms with Gasteiger partial charge in [-0.05, 0) is 57.1 Å². The minimum Gasteiger partial charge on any atom is -0.395 e. The summed E-state index contributed by atoms with van der Waals surface area (Å²) < 4.78 is 8.14. The number of benzene rings is 1. The number of hydrogen-bond acceptors (Lipinski definition) is 3. The van der Waals surface area contributed by atoms with Gasteiger partial charge in [0.25, 0.3) is 0 Å². The number of aromatic nitrogens is 1. The molecule has 23 heavy (non-hydrogen) atoms. The zero-order valence-electron chi connectivity index (χ0n) is 14.8. The molecule has 1 heterocycles. The van der Waals surface area contributed by atoms with Crippen LogP contribution >= 0.6 is 11.6 Å². The van der Waals surface area contributed by atoms with E-state index < -0.39 is 0 Å². The second-order valence-electron chi connectivity index (χ2n) is 5.75. The number of nitrogens with one attached hydrogen (secondary N) is 1. The number of rotatable bonds is 8. The van der Waals surface area contributed by atoms with Crippen LogP contribution in [0.2, 0.25) is 5.02 Å². The second-order valence-corrected chi connectivity index (χ2v) is 6.19. The highest BCUT2D eigenvalue weighted by Crippen LogP contribution is 2.14. The number of nitrogens with zero attached hydrogens (tertiary/aromatic N) is 2. The lowest BCUT2D eigenvalue weighted by Gasteiger charge is -2.19. The van der Waals surface area contributed by atoms with Crippen LogP contribution in [0.5, 0.6) is 0 Å². The largest absolute Gasteiger partial charge is 0.395 e. The lowest BCUT2D eigenvalue weighted by atomic mass is 10.1. The van der Waals surface area contributed by atoms with E-state index in [1.165, 1.54) is 0 Å². The molecule has 1 aromatic carbocycles. The molecule has 0 spiro atoms. The van der Waals surface area contributed by atoms with Crippen molar-refractivity contribution in [2.45, 2.75) is 32.7 Å². The summed E-state index contributed by atoms with van der Waals surface area (Å²) in [7, 11) is 0. The van der Waals surface area contributed by atoms with Crippen molar-refractivity contribution < 1.29 is 6.48 Å². The molecule has 1 atom stereocenters. The van der Waals surface area contributed by atoms with Crippen LogP contribution in [0, 0.1) is 0 Å². The second kappa shape index (κ2) is 9.06. The summed E-state index contributed by atoms with van der Waals surface area (Å²) in [4.78, 5) is 10.1. The number of hydrogen-bond donors (Lipinski definition) is 2. The smallest absolute Gasteiger partial charge is 0.0685 e. The molecule has 0 unspecified atom stereocenters. The van der Waals surface area contributed by atoms with Crippen LogP contribution in [0.25, 0.3) is 10.9 Å². The first-order valence-corrected chi connectivity index (χ1v) is 8.57. The molecule has 126 valence electrons. The predicted octanol–water partition coefficient (Wildman–Crippen LogP) is 3.20. The summed E-state index contributed by atoms with van der Waals surface area (Å²) in [5.41, 5.74) is 0.893. The number of aromatic amines is 1. The van der Waals surface area contributed by atoms with Gasteiger partial charge in [-0.3, -0.25) is 4.99 Å². The van der Waals surface area contributed by atoms with Gasteiger partial charge in [0.15, 0.2) is 0 Å². The fourth-order valence-electron chi connectivity index (χ4n) is 2.67. The number of pyridine rings is 1. The number of H-pyrrole nitrogens is 1. The average molecular weight is 338 g/mol. The molecule has 0 radical (unpaired) electrons. The molecule has 1 aromatic heterocycles. The monoisotopic (exact) mass is 337 g/mol. The van der Waals surface area contributed by atoms with Gasteiger partial charge < -0.3 is 15.0 Å². The normalized spacial score (nSPS) is 14.5. The van der Waals surface area contributed by atoms with Crippen LogP contribution in [0.15, 0.2) is 35.4 Å². The molecule has 2 N–H and O–H groups in total. The van der Waals surface area contributed by atoms with Crippen LogP contribution in [-0.2, 0) is 0 Å². The summed E-state index contributed by atoms with van der Waals surface area (Å²) in [6.45, 7) is 7.02. The zero-order chi connectivity index (χ0) is 17.5. The Balaban J connectivity index is 2.12. The molecule has 0 aliphatic heterocycles. The summed E-state index contributed by atoms with van der Waals surface area (Å²) in [5.74, 6) is 0. The van der Waals surface area contributed by atoms with E-state index in [1.54, 1.807) is 6.20 Å². The topological polar surface area (TPSA) is 51.6 Å². The Labute approximate surface area is 144 Å². The number of likely N-dealkylation sites (N-methyl/N-ethyl adjacent to an activating group) is 1. The summed E-state index contributed by atoms with van der Waals surface area (Å²) in [5, 5.41) is 11.3. The summed E-state index contributed by atoms with van der Waals surface area (Å²) in [6.07, 6.45) is 3.63. The van der Waals surface area contributed by atoms with Gasteiger partial charge in [-0.1, -0.05) is 18.5 Å². The highest BCUT2D eigenvalue weighted by Gasteiger charge is 2.04. The lowest BCUT2D eigenvalue weighted by Crippen LogP contribution is -2.28. The molecule has 4 nitrogen and oxygen atoms in total. The van der Waals surface area contributed by atoms with Crippen molar-refractivity contribution in [1.82, 2.24) is 9.88 Å². The van der Waals surface area contributed by atoms with E-state index >= 15 is 0 Å². The maximum absolute atomic E-state index is 9.03. The van der Waals surface area contributed by atoms with Gasteiger partial charge in [0.1, 0.15) is 0 Å². The van der Waals surface area contributed by atoms with E-state index in [-0.39, 0.29) is 12.6 Å². The molecule has 0 saturated carbocycles. The third-order valence-corrected chi connectivity index (χ3v) is 4.22. The van der Waals surface area contributed by atoms with Crippen LogP contribution in [0.1, 0.15) is 28.1 Å². The summed E-state index contributed by atoms with van der Waals surface area (Å²) in [6, 6.07) is 6.14. The van der Waals surface area contributed by atoms with Gasteiger partial charge in [0.2, 0.25) is 0 Å². The van der Waals surface area contributed by atoms with Gasteiger partial charge in [0.05, 0.1) is 13.3 Å². The van der Waals surface area contributed by atoms with Gasteiger partial charge in [-0.25, -0.2) is 0 Å². The Hall–Kier alpha value is -1.36. The van der Waals surface area contributed by atoms with Crippen molar-refractivity contribution in [1.29, 1.82) is 0 Å². The van der Waals surface area contributed by atoms with Gasteiger partial charge >= 0.3 is 0 Å². The van der Waals surface area contributed by atoms with Crippen molar-refractivity contribution >= 4 is 22.5 Å². The van der Waals surface area contributed by atoms with Crippen molar-refractivity contribution in [3.8, 4) is 0 Å². The van der Waals surface area contributed by atoms with Gasteiger partial charge in [-0.2, -0.15) is 0 Å². The standard InChI is InChI=1S/C18H26ClN3O/c1-3-22(11-12-23)10-4-5-14(2)21-17-8-9-20-18-13-15(19)6-7-16(17)18/h6-9,13-14,23H,3-5,10-12H2,1-2H3,(H,20,21)/t14-/m0/s1/i8T. The van der Waals surface area contributed by atoms with Crippen molar-refractivity contribution in [3.05, 3.63) is 40.8 Å². The van der Waals surface area contributed by atoms with Crippen LogP contribution in [0.3, 0.4) is 0 Å². The number of aliphatic hydroxyl groups is 1. The lowest BCUT2D eigenvalue weighted by molar-refractivity contribution is 0.199. The molecule has 0 fully saturated rings. The van der Waals surface area contributed by atoms with E-state index in [9.17, 15) is 0 Å². The molecular formula is C18H26ClN3O. The number of fused-ring (bicyclic) bond motifs is 1. The molecule has 2 rings (SSSR count). The highest BCUT2D eigenvalue weighted by atomic mass is 35.5. The molecule has 2 aromatic rings. The van der Waals surface area contributed by atoms with E-state index in [1.807, 2.05) is 18.2 Å². The van der Waals surface area contributed by atoms with Crippen molar-refractivity contribution in [3.63, 3.8) is 0 Å². The van der Waals surface area contributed by atoms with Crippen LogP contribution in [-0.4, -0.2) is 47.3 Å². The fraction of sp³-hybridized carbons (Fsp3) is 0.500. The Bertz CT molecular complexity index is 732. The van der Waals surface area contributed by atoms with Crippen LogP contribution in [0.4, 0.5) is 0 Å². The fourth-order valence-corrected chi connectivity index (χ4v) is 2.85. The van der Waals surface area contributed by atoms with Gasteiger partial charge in [-0.15, -0.1) is 0 Å². The summed E-state index contributed by atoms with van der Waals surface area (Å²) >= 11 is 6.03. The molecule has 0 amide bonds. The molecule has 0 aliphatic carbocycles. The first kappa shape index (κ1) is 16.5. The van der Waals surface area contributed by atoms with E-state index in [2.05, 4.69) is 23.7 Å². The molecule has 0 bridgehead atoms. The van der Waals surface area contributed by atoms with Gasteiger partial charge in [0, 0.05) is 34.7 Å². The number of aliphatic hydroxyl groups excluding tert-OH is 1. The SMILES string of the molecule is [3H]c1c[nH]c2cc(Cl)ccc2c1=N[C@@H](C)CCCN(CC)CCO. The Kier molecular flexibility index (Phi) is 6.50. The quantitative estimate of drug-likeness (QED) is 0.777. The van der Waals surface area contributed by atoms with Crippen LogP contribution < -0.4 is 5.36 Å². The molecule has 0 saturated heterocycles.